The molecule has 29 heteroatoms. The van der Waals surface area contributed by atoms with Gasteiger partial charge in [-0.15, -0.1) is 0 Å². The summed E-state index contributed by atoms with van der Waals surface area (Å²) in [5, 5.41) is 33.7. The number of carboxylic acid groups (broad SMARTS) is 2. The lowest BCUT2D eigenvalue weighted by molar-refractivity contribution is -0.119. The normalized spacial score (nSPS) is 20.8. The minimum Gasteiger partial charge on any atom is -0.450 e. The fourth-order valence-corrected chi connectivity index (χ4v) is 9.96. The average Bonchev–Trinajstić information content (AvgIpc) is 4.20. The quantitative estimate of drug-likeness (QED) is 0.0381. The molecule has 466 valence electrons. The number of H-pyrrole nitrogens is 2. The lowest BCUT2D eigenvalue weighted by atomic mass is 10.1. The molecule has 7 heterocycles. The Hall–Kier alpha value is -6.48. The zero-order valence-corrected chi connectivity index (χ0v) is 51.7. The summed E-state index contributed by atoms with van der Waals surface area (Å²) in [5.41, 5.74) is 4.34. The lowest BCUT2D eigenvalue weighted by Gasteiger charge is -2.40. The van der Waals surface area contributed by atoms with Gasteiger partial charge in [0.15, 0.2) is 63.6 Å². The van der Waals surface area contributed by atoms with Crippen LogP contribution in [0, 0.1) is 11.8 Å². The summed E-state index contributed by atoms with van der Waals surface area (Å²) in [6, 6.07) is 5.72. The molecule has 0 saturated carbocycles. The molecule has 2 aliphatic rings. The van der Waals surface area contributed by atoms with Crippen molar-refractivity contribution in [1.82, 2.24) is 44.0 Å². The van der Waals surface area contributed by atoms with E-state index in [1.54, 1.807) is 40.1 Å². The largest absolute Gasteiger partial charge is 0.506 e. The summed E-state index contributed by atoms with van der Waals surface area (Å²) in [5.74, 6) is -1.50. The van der Waals surface area contributed by atoms with Gasteiger partial charge in [0.1, 0.15) is 18.3 Å². The van der Waals surface area contributed by atoms with E-state index in [-0.39, 0.29) is 88.3 Å². The molecule has 0 spiro atoms. The van der Waals surface area contributed by atoms with E-state index >= 15 is 0 Å². The summed E-state index contributed by atoms with van der Waals surface area (Å²) in [6.45, 7) is 34.6. The van der Waals surface area contributed by atoms with Gasteiger partial charge < -0.3 is 48.9 Å². The van der Waals surface area contributed by atoms with E-state index in [4.69, 9.17) is 33.5 Å². The maximum atomic E-state index is 12.6. The molecule has 2 saturated heterocycles. The Bertz CT molecular complexity index is 2820. The van der Waals surface area contributed by atoms with Gasteiger partial charge in [-0.1, -0.05) is 97.1 Å². The van der Waals surface area contributed by atoms with Crippen LogP contribution in [0.4, 0.5) is 21.5 Å². The van der Waals surface area contributed by atoms with Crippen LogP contribution < -0.4 is 27.5 Å². The number of anilines is 2. The molecule has 0 unspecified atom stereocenters. The van der Waals surface area contributed by atoms with Gasteiger partial charge in [-0.2, -0.15) is 9.97 Å². The highest BCUT2D eigenvalue weighted by molar-refractivity contribution is 6.74. The highest BCUT2D eigenvalue weighted by Crippen LogP contribution is 2.45. The number of aromatic nitrogens is 9. The molecule has 9 N–H and O–H groups in total. The second-order valence-electron chi connectivity index (χ2n) is 24.3. The van der Waals surface area contributed by atoms with E-state index in [1.165, 1.54) is 21.8 Å². The Morgan fingerprint density at radius 3 is 1.29 bits per heavy atom. The van der Waals surface area contributed by atoms with Crippen molar-refractivity contribution in [3.05, 3.63) is 64.0 Å². The number of fused-ring (bicyclic) bond motifs is 2. The summed E-state index contributed by atoms with van der Waals surface area (Å²) >= 11 is 0. The molecule has 0 aromatic carbocycles. The molecule has 5 aromatic rings. The van der Waals surface area contributed by atoms with Gasteiger partial charge in [-0.25, -0.2) is 19.6 Å². The first-order valence-electron chi connectivity index (χ1n) is 26.6. The SMILES string of the molecule is C.C.CC(C)(C)N.CC(C)C(=O)Nc1nc2c(ncn2[C@@H]2O[C@H](CO)[C@@H](O[Si](C)(C)C(C)(C)C)[C@H]2OC(=O)O)c(=O)[nH]1.CC[C@H]1O[C@@H](n2cnc3c(=O)[nH]c(NC(=O)C(C)C)nc32)[C@H](OC(=O)O)[C@@H]1O[Si](C)(C)C(C)(C)C.c1ccncc1. The van der Waals surface area contributed by atoms with Crippen molar-refractivity contribution in [2.45, 2.75) is 209 Å². The molecule has 7 rings (SSSR count). The number of imidazole rings is 2. The number of carbonyl (C=O) groups is 4. The topological polar surface area (TPSA) is 374 Å². The smallest absolute Gasteiger partial charge is 0.450 e. The summed E-state index contributed by atoms with van der Waals surface area (Å²) in [4.78, 5) is 98.3. The van der Waals surface area contributed by atoms with Gasteiger partial charge in [0.25, 0.3) is 11.1 Å². The Morgan fingerprint density at radius 1 is 0.663 bits per heavy atom. The fraction of sp³-hybridized carbons (Fsp3) is 0.648. The molecule has 0 bridgehead atoms. The van der Waals surface area contributed by atoms with Crippen molar-refractivity contribution in [2.75, 3.05) is 17.2 Å². The molecule has 2 aliphatic heterocycles. The molecule has 27 nitrogen and oxygen atoms in total. The average molecular weight is 1210 g/mol. The van der Waals surface area contributed by atoms with E-state index < -0.39 is 95.8 Å². The number of ether oxygens (including phenoxy) is 4. The monoisotopic (exact) mass is 1200 g/mol. The molecule has 5 aromatic heterocycles. The predicted molar refractivity (Wildman–Crippen MR) is 320 cm³/mol. The number of hydrogen-bond donors (Lipinski definition) is 8. The molecular weight excluding hydrogens is 1110 g/mol. The number of aromatic amines is 2. The molecule has 0 aliphatic carbocycles. The first kappa shape index (κ1) is 72.6. The van der Waals surface area contributed by atoms with Crippen molar-refractivity contribution in [1.29, 1.82) is 0 Å². The summed E-state index contributed by atoms with van der Waals surface area (Å²) in [7, 11) is -4.78. The number of aliphatic hydroxyl groups excluding tert-OH is 1. The van der Waals surface area contributed by atoms with Gasteiger partial charge >= 0.3 is 12.3 Å². The van der Waals surface area contributed by atoms with E-state index in [2.05, 4.69) is 79.4 Å². The van der Waals surface area contributed by atoms with Crippen molar-refractivity contribution < 1.29 is 62.3 Å². The van der Waals surface area contributed by atoms with E-state index in [1.807, 2.05) is 79.8 Å². The minimum atomic E-state index is -2.44. The maximum Gasteiger partial charge on any atom is 0.506 e. The third-order valence-corrected chi connectivity index (χ3v) is 22.6. The number of nitrogens with two attached hydrogens (primary N) is 1. The third-order valence-electron chi connectivity index (χ3n) is 13.6. The Morgan fingerprint density at radius 2 is 1.01 bits per heavy atom. The van der Waals surface area contributed by atoms with Crippen LogP contribution in [-0.4, -0.2) is 149 Å². The summed E-state index contributed by atoms with van der Waals surface area (Å²) < 4.78 is 38.6. The third kappa shape index (κ3) is 19.3. The number of pyridine rings is 1. The van der Waals surface area contributed by atoms with Crippen LogP contribution in [0.3, 0.4) is 0 Å². The Kier molecular flexibility index (Phi) is 25.7. The fourth-order valence-electron chi connectivity index (χ4n) is 7.32. The molecule has 2 fully saturated rings. The summed E-state index contributed by atoms with van der Waals surface area (Å²) in [6.07, 6.45) is -3.62. The Labute approximate surface area is 487 Å². The molecule has 0 radical (unpaired) electrons. The van der Waals surface area contributed by atoms with Gasteiger partial charge in [0.2, 0.25) is 23.7 Å². The van der Waals surface area contributed by atoms with Crippen LogP contribution in [0.15, 0.2) is 52.8 Å². The van der Waals surface area contributed by atoms with E-state index in [9.17, 15) is 44.1 Å². The van der Waals surface area contributed by atoms with Crippen LogP contribution in [0.1, 0.15) is 131 Å². The maximum absolute atomic E-state index is 12.6. The van der Waals surface area contributed by atoms with Gasteiger partial charge in [0.05, 0.1) is 25.4 Å². The standard InChI is InChI=1S/C22H35N5O7Si.C21H33N5O8Si.C5H5N.C4H11N.2CH4/c1-9-12-14(34-35(7,8)22(4,5)6)15(33-21(30)31)19(32-12)27-10-23-13-16(27)24-20(26-18(13)29)25-17(28)11(2)3;1-10(2)16(28)24-19-23-15-12(17(29)25-19)22-9-26(15)18-14(33-20(30)31)13(11(8-27)32-18)34-35(6,7)21(3,4)5;1-2-4-6-5-3-1;1-4(2,3)5;;/h10-12,14-15,19H,9H2,1-8H3,(H,30,31)(H2,24,25,26,28,29);9-11,13-14,18,27H,8H2,1-7H3,(H,30,31)(H2,23,24,25,28,29);1-5H;5H2,1-3H3;2*1H4/t12-,14-,15-,19-;11-,13-,14-,18-;;;;/m11..../s1. The van der Waals surface area contributed by atoms with Crippen LogP contribution >= 0.6 is 0 Å². The van der Waals surface area contributed by atoms with Crippen LogP contribution in [0.5, 0.6) is 0 Å². The van der Waals surface area contributed by atoms with Crippen LogP contribution in [0.2, 0.25) is 36.3 Å². The molecular formula is C54H92N12O15Si2. The number of carbonyl (C=O) groups excluding carboxylic acids is 2. The second-order valence-corrected chi connectivity index (χ2v) is 33.8. The molecule has 8 atom stereocenters. The molecule has 83 heavy (non-hydrogen) atoms. The van der Waals surface area contributed by atoms with E-state index in [0.717, 1.165) is 0 Å². The zero-order chi connectivity index (χ0) is 61.3. The van der Waals surface area contributed by atoms with Crippen molar-refractivity contribution >= 4 is 75.0 Å². The van der Waals surface area contributed by atoms with Crippen molar-refractivity contribution in [3.63, 3.8) is 0 Å². The van der Waals surface area contributed by atoms with Gasteiger partial charge in [-0.05, 0) is 75.6 Å². The van der Waals surface area contributed by atoms with Crippen molar-refractivity contribution in [3.8, 4) is 0 Å². The van der Waals surface area contributed by atoms with Crippen molar-refractivity contribution in [2.24, 2.45) is 17.6 Å². The van der Waals surface area contributed by atoms with Gasteiger partial charge in [-0.3, -0.25) is 53.9 Å². The number of aliphatic hydroxyl groups is 1. The number of rotatable bonds is 14. The van der Waals surface area contributed by atoms with Gasteiger partial charge in [0, 0.05) is 29.8 Å². The number of amides is 2. The highest BCUT2D eigenvalue weighted by atomic mass is 28.4. The Balaban J connectivity index is 0.000000468. The number of nitrogens with one attached hydrogen (secondary N) is 4. The first-order valence-corrected chi connectivity index (χ1v) is 32.4. The second kappa shape index (κ2) is 29.4. The van der Waals surface area contributed by atoms with E-state index in [0.29, 0.717) is 6.42 Å². The highest BCUT2D eigenvalue weighted by Gasteiger charge is 2.54. The zero-order valence-electron chi connectivity index (χ0n) is 49.7. The first-order chi connectivity index (χ1) is 37.3. The number of nitrogens with zero attached hydrogens (tertiary/aromatic N) is 7. The van der Waals surface area contributed by atoms with Crippen LogP contribution in [-0.2, 0) is 37.4 Å². The minimum absolute atomic E-state index is 0. The van der Waals surface area contributed by atoms with Crippen LogP contribution in [0.25, 0.3) is 22.3 Å². The lowest BCUT2D eigenvalue weighted by Crippen LogP contribution is -2.50. The predicted octanol–water partition coefficient (Wildman–Crippen LogP) is 8.63. The molecule has 2 amide bonds. The number of hydrogen-bond acceptors (Lipinski definition) is 19.